The summed E-state index contributed by atoms with van der Waals surface area (Å²) in [6.07, 6.45) is 0. The van der Waals surface area contributed by atoms with E-state index in [2.05, 4.69) is 0 Å². The molecule has 0 aliphatic carbocycles. The van der Waals surface area contributed by atoms with E-state index < -0.39 is 37.6 Å². The van der Waals surface area contributed by atoms with Crippen LogP contribution in [0.5, 0.6) is 0 Å². The second kappa shape index (κ2) is 13.5. The molecule has 9 heteroatoms. The molecular weight excluding hydrogens is 676 g/mol. The minimum Gasteiger partial charge on any atom is -0.309 e. The average molecular weight is 704 g/mol. The van der Waals surface area contributed by atoms with Gasteiger partial charge in [-0.1, -0.05) is 42.5 Å². The van der Waals surface area contributed by atoms with E-state index in [1.807, 2.05) is 30.3 Å². The van der Waals surface area contributed by atoms with Crippen LogP contribution in [-0.4, -0.2) is 4.98 Å². The van der Waals surface area contributed by atoms with Crippen molar-refractivity contribution in [3.63, 3.8) is 0 Å². The molecule has 7 aromatic rings. The van der Waals surface area contributed by atoms with E-state index in [1.54, 1.807) is 36.4 Å². The number of halogens is 4. The lowest BCUT2D eigenvalue weighted by Crippen LogP contribution is -2.25. The molecule has 1 aromatic heterocycles. The van der Waals surface area contributed by atoms with E-state index in [-0.39, 0.29) is 0 Å². The number of hydrogen-bond donors (Lipinski definition) is 0. The van der Waals surface area contributed by atoms with Crippen molar-refractivity contribution in [3.8, 4) is 22.5 Å². The summed E-state index contributed by atoms with van der Waals surface area (Å²) >= 11 is 0. The maximum Gasteiger partial charge on any atom is 0.171 e. The fourth-order valence-electron chi connectivity index (χ4n) is 5.98. The van der Waals surface area contributed by atoms with Crippen LogP contribution >= 0.6 is 14.3 Å². The molecule has 0 atom stereocenters. The van der Waals surface area contributed by atoms with E-state index in [4.69, 9.17) is 4.98 Å². The molecule has 0 unspecified atom stereocenters. The Kier molecular flexibility index (Phi) is 8.96. The van der Waals surface area contributed by atoms with Crippen LogP contribution in [-0.2, 0) is 9.13 Å². The lowest BCUT2D eigenvalue weighted by Gasteiger charge is -2.21. The Bertz CT molecular complexity index is 2150. The summed E-state index contributed by atoms with van der Waals surface area (Å²) in [4.78, 5) is 4.92. The van der Waals surface area contributed by atoms with Gasteiger partial charge in [0, 0.05) is 43.0 Å². The van der Waals surface area contributed by atoms with Crippen LogP contribution in [0, 0.1) is 23.3 Å². The molecule has 3 nitrogen and oxygen atoms in total. The van der Waals surface area contributed by atoms with E-state index in [0.29, 0.717) is 54.3 Å². The molecular formula is C41H27F4NO2P2. The SMILES string of the molecule is O=P(c1ccc(F)cc1)(c1ccc(F)cc1)c1cccc(-c2cccc(-c3cccc(P(=O)(c4ccc(F)cc4)c4ccc(F)cc4)c3)n2)c1. The molecule has 0 saturated carbocycles. The Morgan fingerprint density at radius 2 is 0.620 bits per heavy atom. The molecule has 0 spiro atoms. The third-order valence-electron chi connectivity index (χ3n) is 8.52. The first-order valence-corrected chi connectivity index (χ1v) is 19.0. The van der Waals surface area contributed by atoms with Crippen LogP contribution in [0.4, 0.5) is 17.6 Å². The van der Waals surface area contributed by atoms with Gasteiger partial charge >= 0.3 is 0 Å². The Balaban J connectivity index is 1.31. The van der Waals surface area contributed by atoms with Crippen molar-refractivity contribution in [1.82, 2.24) is 4.98 Å². The van der Waals surface area contributed by atoms with Gasteiger partial charge in [0.05, 0.1) is 11.4 Å². The van der Waals surface area contributed by atoms with E-state index in [9.17, 15) is 26.7 Å². The minimum atomic E-state index is -3.56. The van der Waals surface area contributed by atoms with Gasteiger partial charge in [0.2, 0.25) is 0 Å². The highest BCUT2D eigenvalue weighted by Crippen LogP contribution is 2.44. The number of aromatic nitrogens is 1. The van der Waals surface area contributed by atoms with Gasteiger partial charge in [0.1, 0.15) is 23.3 Å². The highest BCUT2D eigenvalue weighted by molar-refractivity contribution is 7.85. The van der Waals surface area contributed by atoms with E-state index in [0.717, 1.165) is 0 Å². The van der Waals surface area contributed by atoms with Gasteiger partial charge in [-0.25, -0.2) is 22.5 Å². The quantitative estimate of drug-likeness (QED) is 0.118. The molecule has 0 fully saturated rings. The lowest BCUT2D eigenvalue weighted by atomic mass is 10.1. The van der Waals surface area contributed by atoms with Gasteiger partial charge < -0.3 is 9.13 Å². The topological polar surface area (TPSA) is 47.0 Å². The van der Waals surface area contributed by atoms with Crippen molar-refractivity contribution in [1.29, 1.82) is 0 Å². The zero-order valence-corrected chi connectivity index (χ0v) is 28.0. The molecule has 0 aliphatic rings. The van der Waals surface area contributed by atoms with Crippen LogP contribution in [0.15, 0.2) is 164 Å². The molecule has 0 saturated heterocycles. The van der Waals surface area contributed by atoms with Gasteiger partial charge in [-0.3, -0.25) is 0 Å². The molecule has 0 N–H and O–H groups in total. The fraction of sp³-hybridized carbons (Fsp3) is 0. The van der Waals surface area contributed by atoms with Crippen molar-refractivity contribution in [2.24, 2.45) is 0 Å². The number of nitrogens with zero attached hydrogens (tertiary/aromatic N) is 1. The van der Waals surface area contributed by atoms with Gasteiger partial charge in [-0.05, 0) is 121 Å². The van der Waals surface area contributed by atoms with Crippen LogP contribution < -0.4 is 31.8 Å². The molecule has 0 aliphatic heterocycles. The van der Waals surface area contributed by atoms with Gasteiger partial charge in [-0.15, -0.1) is 0 Å². The van der Waals surface area contributed by atoms with Crippen LogP contribution in [0.2, 0.25) is 0 Å². The molecule has 7 rings (SSSR count). The Morgan fingerprint density at radius 1 is 0.340 bits per heavy atom. The average Bonchev–Trinajstić information content (AvgIpc) is 3.15. The summed E-state index contributed by atoms with van der Waals surface area (Å²) in [5.41, 5.74) is 2.46. The largest absolute Gasteiger partial charge is 0.309 e. The van der Waals surface area contributed by atoms with Crippen molar-refractivity contribution < 1.29 is 26.7 Å². The summed E-state index contributed by atoms with van der Waals surface area (Å²) in [5.74, 6) is -1.87. The number of pyridine rings is 1. The van der Waals surface area contributed by atoms with Gasteiger partial charge in [0.25, 0.3) is 0 Å². The molecule has 1 heterocycles. The standard InChI is InChI=1S/C41H27F4NO2P2/c42-30-10-18-34(19-11-30)49(47,35-20-12-31(43)13-21-35)38-6-1-4-28(26-38)40-8-3-9-41(46-40)29-5-2-7-39(27-29)50(48,36-22-14-32(44)15-23-36)37-24-16-33(45)17-25-37/h1-27H. The van der Waals surface area contributed by atoms with Gasteiger partial charge in [-0.2, -0.15) is 0 Å². The molecule has 0 amide bonds. The third-order valence-corrected chi connectivity index (χ3v) is 14.6. The zero-order chi connectivity index (χ0) is 34.9. The first-order chi connectivity index (χ1) is 24.1. The second-order valence-corrected chi connectivity index (χ2v) is 17.2. The van der Waals surface area contributed by atoms with Crippen molar-refractivity contribution in [3.05, 3.63) is 187 Å². The predicted octanol–water partition coefficient (Wildman–Crippen LogP) is 8.25. The number of rotatable bonds is 8. The molecule has 0 radical (unpaired) electrons. The van der Waals surface area contributed by atoms with Crippen LogP contribution in [0.1, 0.15) is 0 Å². The Morgan fingerprint density at radius 3 is 0.920 bits per heavy atom. The minimum absolute atomic E-state index is 0.396. The summed E-state index contributed by atoms with van der Waals surface area (Å²) in [5, 5.41) is 2.51. The maximum absolute atomic E-state index is 15.0. The normalized spacial score (nSPS) is 11.8. The Labute approximate surface area is 286 Å². The molecule has 6 aromatic carbocycles. The monoisotopic (exact) mass is 703 g/mol. The van der Waals surface area contributed by atoms with Crippen molar-refractivity contribution in [2.75, 3.05) is 0 Å². The maximum atomic E-state index is 15.0. The smallest absolute Gasteiger partial charge is 0.171 e. The van der Waals surface area contributed by atoms with Crippen LogP contribution in [0.25, 0.3) is 22.5 Å². The third kappa shape index (κ3) is 6.27. The predicted molar refractivity (Wildman–Crippen MR) is 194 cm³/mol. The summed E-state index contributed by atoms with van der Waals surface area (Å²) < 4.78 is 85.6. The van der Waals surface area contributed by atoms with E-state index in [1.165, 1.54) is 97.1 Å². The van der Waals surface area contributed by atoms with Crippen molar-refractivity contribution >= 4 is 46.1 Å². The number of hydrogen-bond acceptors (Lipinski definition) is 3. The summed E-state index contributed by atoms with van der Waals surface area (Å²) in [6.45, 7) is 0. The van der Waals surface area contributed by atoms with Crippen molar-refractivity contribution in [2.45, 2.75) is 0 Å². The Hall–Kier alpha value is -5.35. The fourth-order valence-corrected chi connectivity index (χ4v) is 11.3. The summed E-state index contributed by atoms with van der Waals surface area (Å²) in [7, 11) is -7.13. The van der Waals surface area contributed by atoms with Gasteiger partial charge in [0.15, 0.2) is 14.3 Å². The molecule has 246 valence electrons. The zero-order valence-electron chi connectivity index (χ0n) is 26.3. The second-order valence-electron chi connectivity index (χ2n) is 11.6. The lowest BCUT2D eigenvalue weighted by molar-refractivity contribution is 0.591. The highest BCUT2D eigenvalue weighted by atomic mass is 31.2. The highest BCUT2D eigenvalue weighted by Gasteiger charge is 2.32. The first kappa shape index (κ1) is 33.2. The van der Waals surface area contributed by atoms with E-state index >= 15 is 0 Å². The van der Waals surface area contributed by atoms with Crippen LogP contribution in [0.3, 0.4) is 0 Å². The summed E-state index contributed by atoms with van der Waals surface area (Å²) in [6, 6.07) is 41.5. The molecule has 0 bridgehead atoms. The first-order valence-electron chi connectivity index (χ1n) is 15.6. The molecule has 50 heavy (non-hydrogen) atoms. The number of benzene rings is 6.